The lowest BCUT2D eigenvalue weighted by atomic mass is 10.2. The van der Waals surface area contributed by atoms with E-state index in [0.717, 1.165) is 0 Å². The minimum Gasteiger partial charge on any atom is -0.390 e. The van der Waals surface area contributed by atoms with E-state index in [2.05, 4.69) is 17.6 Å². The monoisotopic (exact) mass is 244 g/mol. The van der Waals surface area contributed by atoms with E-state index in [4.69, 9.17) is 4.74 Å². The van der Waals surface area contributed by atoms with Gasteiger partial charge in [0.2, 0.25) is 0 Å². The number of ether oxygens (including phenoxy) is 1. The number of nitrogens with one attached hydrogen (secondary N) is 1. The number of hydrogen-bond acceptors (Lipinski definition) is 5. The molecule has 0 amide bonds. The Balaban J connectivity index is 2.27. The summed E-state index contributed by atoms with van der Waals surface area (Å²) in [6.07, 6.45) is 0.112. The highest BCUT2D eigenvalue weighted by Gasteiger charge is 2.34. The van der Waals surface area contributed by atoms with Crippen molar-refractivity contribution < 1.29 is 9.84 Å². The van der Waals surface area contributed by atoms with Crippen molar-refractivity contribution in [2.24, 2.45) is 0 Å². The zero-order chi connectivity index (χ0) is 11.7. The molecule has 1 aliphatic heterocycles. The van der Waals surface area contributed by atoms with Crippen molar-refractivity contribution in [2.45, 2.75) is 24.9 Å². The fourth-order valence-electron chi connectivity index (χ4n) is 1.70. The number of H-pyrrole nitrogens is 1. The van der Waals surface area contributed by atoms with Crippen molar-refractivity contribution in [1.82, 2.24) is 9.55 Å². The Hall–Kier alpha value is -1.05. The molecule has 0 aliphatic carbocycles. The molecule has 2 heterocycles. The number of nitrogens with zero attached hydrogens (tertiary/aromatic N) is 1. The van der Waals surface area contributed by atoms with E-state index in [9.17, 15) is 14.7 Å². The molecule has 0 radical (unpaired) electrons. The molecule has 16 heavy (non-hydrogen) atoms. The molecule has 2 rings (SSSR count). The van der Waals surface area contributed by atoms with Gasteiger partial charge in [0.1, 0.15) is 6.23 Å². The van der Waals surface area contributed by atoms with Gasteiger partial charge in [-0.15, -0.1) is 0 Å². The van der Waals surface area contributed by atoms with E-state index in [1.54, 1.807) is 0 Å². The van der Waals surface area contributed by atoms with Crippen molar-refractivity contribution in [2.75, 3.05) is 5.75 Å². The van der Waals surface area contributed by atoms with Crippen molar-refractivity contribution in [3.05, 3.63) is 33.1 Å². The summed E-state index contributed by atoms with van der Waals surface area (Å²) in [5.74, 6) is 0.385. The van der Waals surface area contributed by atoms with Gasteiger partial charge in [0.05, 0.1) is 12.2 Å². The van der Waals surface area contributed by atoms with Crippen LogP contribution >= 0.6 is 12.6 Å². The van der Waals surface area contributed by atoms with Crippen LogP contribution in [-0.4, -0.2) is 32.6 Å². The lowest BCUT2D eigenvalue weighted by Crippen LogP contribution is -2.31. The van der Waals surface area contributed by atoms with Crippen LogP contribution in [0.4, 0.5) is 0 Å². The smallest absolute Gasteiger partial charge is 0.330 e. The van der Waals surface area contributed by atoms with Crippen LogP contribution in [0.2, 0.25) is 0 Å². The van der Waals surface area contributed by atoms with E-state index in [0.29, 0.717) is 12.2 Å². The number of thiol groups is 1. The van der Waals surface area contributed by atoms with Gasteiger partial charge in [-0.1, -0.05) is 0 Å². The Morgan fingerprint density at radius 3 is 2.94 bits per heavy atom. The Morgan fingerprint density at radius 2 is 2.38 bits per heavy atom. The summed E-state index contributed by atoms with van der Waals surface area (Å²) >= 11 is 4.04. The first kappa shape index (κ1) is 11.4. The maximum atomic E-state index is 11.5. The third-order valence-corrected chi connectivity index (χ3v) is 2.91. The van der Waals surface area contributed by atoms with E-state index in [-0.39, 0.29) is 6.10 Å². The minimum atomic E-state index is -0.638. The number of aliphatic hydroxyl groups is 1. The second kappa shape index (κ2) is 4.44. The lowest BCUT2D eigenvalue weighted by Gasteiger charge is -2.13. The zero-order valence-corrected chi connectivity index (χ0v) is 9.26. The van der Waals surface area contributed by atoms with Gasteiger partial charge in [-0.05, 0) is 0 Å². The Kier molecular flexibility index (Phi) is 3.17. The SMILES string of the molecule is O=c1ccn([C@H]2C[C@H](O)[C@@H](CS)O2)c(=O)[nH]1. The summed E-state index contributed by atoms with van der Waals surface area (Å²) in [5.41, 5.74) is -0.991. The highest BCUT2D eigenvalue weighted by Crippen LogP contribution is 2.27. The predicted octanol–water partition coefficient (Wildman–Crippen LogP) is -0.885. The molecule has 0 aromatic carbocycles. The summed E-state index contributed by atoms with van der Waals surface area (Å²) in [7, 11) is 0. The highest BCUT2D eigenvalue weighted by molar-refractivity contribution is 7.80. The Morgan fingerprint density at radius 1 is 1.62 bits per heavy atom. The van der Waals surface area contributed by atoms with Gasteiger partial charge < -0.3 is 9.84 Å². The molecule has 2 N–H and O–H groups in total. The summed E-state index contributed by atoms with van der Waals surface area (Å²) in [5, 5.41) is 9.60. The average molecular weight is 244 g/mol. The molecule has 0 bridgehead atoms. The number of aromatic nitrogens is 2. The molecule has 88 valence electrons. The molecule has 0 unspecified atom stereocenters. The van der Waals surface area contributed by atoms with Gasteiger partial charge in [0.25, 0.3) is 5.56 Å². The fourth-order valence-corrected chi connectivity index (χ4v) is 2.03. The van der Waals surface area contributed by atoms with E-state index in [1.807, 2.05) is 0 Å². The summed E-state index contributed by atoms with van der Waals surface area (Å²) in [6.45, 7) is 0. The summed E-state index contributed by atoms with van der Waals surface area (Å²) in [6, 6.07) is 1.24. The molecule has 1 aromatic rings. The van der Waals surface area contributed by atoms with Gasteiger partial charge in [0.15, 0.2) is 0 Å². The molecule has 1 aromatic heterocycles. The second-order valence-electron chi connectivity index (χ2n) is 3.63. The Labute approximate surface area is 96.3 Å². The van der Waals surface area contributed by atoms with Gasteiger partial charge in [-0.25, -0.2) is 4.79 Å². The largest absolute Gasteiger partial charge is 0.390 e. The molecule has 3 atom stereocenters. The lowest BCUT2D eigenvalue weighted by molar-refractivity contribution is -0.00738. The summed E-state index contributed by atoms with van der Waals surface area (Å²) in [4.78, 5) is 24.5. The van der Waals surface area contributed by atoms with Gasteiger partial charge in [0, 0.05) is 24.4 Å². The van der Waals surface area contributed by atoms with Crippen molar-refractivity contribution in [3.8, 4) is 0 Å². The maximum Gasteiger partial charge on any atom is 0.330 e. The van der Waals surface area contributed by atoms with Crippen LogP contribution in [0.15, 0.2) is 21.9 Å². The molecule has 0 saturated carbocycles. The second-order valence-corrected chi connectivity index (χ2v) is 4.00. The molecule has 1 aliphatic rings. The number of rotatable bonds is 2. The van der Waals surface area contributed by atoms with Crippen molar-refractivity contribution >= 4 is 12.6 Å². The van der Waals surface area contributed by atoms with Crippen LogP contribution < -0.4 is 11.2 Å². The fraction of sp³-hybridized carbons (Fsp3) is 0.556. The molecule has 1 fully saturated rings. The predicted molar refractivity (Wildman–Crippen MR) is 59.7 cm³/mol. The third-order valence-electron chi connectivity index (χ3n) is 2.55. The maximum absolute atomic E-state index is 11.5. The van der Waals surface area contributed by atoms with Crippen LogP contribution in [0, 0.1) is 0 Å². The number of hydrogen-bond donors (Lipinski definition) is 3. The topological polar surface area (TPSA) is 84.3 Å². The first-order chi connectivity index (χ1) is 7.61. The normalized spacial score (nSPS) is 29.5. The average Bonchev–Trinajstić information content (AvgIpc) is 2.59. The van der Waals surface area contributed by atoms with Gasteiger partial charge >= 0.3 is 5.69 Å². The van der Waals surface area contributed by atoms with Gasteiger partial charge in [-0.3, -0.25) is 14.3 Å². The van der Waals surface area contributed by atoms with Crippen molar-refractivity contribution in [1.29, 1.82) is 0 Å². The summed E-state index contributed by atoms with van der Waals surface area (Å²) < 4.78 is 6.70. The minimum absolute atomic E-state index is 0.317. The first-order valence-corrected chi connectivity index (χ1v) is 5.51. The molecular weight excluding hydrogens is 232 g/mol. The molecule has 6 nitrogen and oxygen atoms in total. The van der Waals surface area contributed by atoms with E-state index in [1.165, 1.54) is 16.8 Å². The third kappa shape index (κ3) is 2.06. The van der Waals surface area contributed by atoms with Crippen LogP contribution in [0.1, 0.15) is 12.6 Å². The van der Waals surface area contributed by atoms with E-state index >= 15 is 0 Å². The molecule has 7 heteroatoms. The quantitative estimate of drug-likeness (QED) is 0.590. The van der Waals surface area contributed by atoms with Crippen LogP contribution in [0.3, 0.4) is 0 Å². The van der Waals surface area contributed by atoms with E-state index < -0.39 is 23.6 Å². The van der Waals surface area contributed by atoms with Crippen LogP contribution in [0.5, 0.6) is 0 Å². The highest BCUT2D eigenvalue weighted by atomic mass is 32.1. The first-order valence-electron chi connectivity index (χ1n) is 4.87. The standard InChI is InChI=1S/C9H12N2O4S/c12-5-3-8(15-6(5)4-16)11-2-1-7(13)10-9(11)14/h1-2,5-6,8,12,16H,3-4H2,(H,10,13,14)/t5-,6+,8+/m0/s1. The number of aliphatic hydroxyl groups excluding tert-OH is 1. The number of aromatic amines is 1. The van der Waals surface area contributed by atoms with Crippen LogP contribution in [-0.2, 0) is 4.74 Å². The zero-order valence-electron chi connectivity index (χ0n) is 8.37. The molecular formula is C9H12N2O4S. The molecule has 1 saturated heterocycles. The Bertz CT molecular complexity index is 483. The molecule has 0 spiro atoms. The van der Waals surface area contributed by atoms with Crippen LogP contribution in [0.25, 0.3) is 0 Å². The van der Waals surface area contributed by atoms with Gasteiger partial charge in [-0.2, -0.15) is 12.6 Å². The van der Waals surface area contributed by atoms with Crippen molar-refractivity contribution in [3.63, 3.8) is 0 Å².